The van der Waals surface area contributed by atoms with E-state index in [-0.39, 0.29) is 24.0 Å². The standard InChI is InChI=1S/C18H29N3O.HI/c1-4-19-18(20-14-15(2)3)21-12-10-17(11-13-21)22-16-8-6-5-7-9-16;/h5-9,15,17H,4,10-14H2,1-3H3,(H,19,20);1H. The molecule has 0 unspecified atom stereocenters. The number of hydrogen-bond acceptors (Lipinski definition) is 2. The molecule has 130 valence electrons. The highest BCUT2D eigenvalue weighted by Gasteiger charge is 2.22. The molecule has 0 saturated carbocycles. The lowest BCUT2D eigenvalue weighted by Gasteiger charge is -2.34. The molecule has 23 heavy (non-hydrogen) atoms. The average molecular weight is 431 g/mol. The van der Waals surface area contributed by atoms with E-state index in [1.807, 2.05) is 30.3 Å². The van der Waals surface area contributed by atoms with Crippen molar-refractivity contribution in [3.05, 3.63) is 30.3 Å². The Morgan fingerprint density at radius 3 is 2.48 bits per heavy atom. The molecule has 1 heterocycles. The third kappa shape index (κ3) is 6.97. The number of likely N-dealkylation sites (tertiary alicyclic amines) is 1. The second kappa shape index (κ2) is 10.7. The van der Waals surface area contributed by atoms with Gasteiger partial charge in [-0.15, -0.1) is 24.0 Å². The van der Waals surface area contributed by atoms with E-state index in [9.17, 15) is 0 Å². The van der Waals surface area contributed by atoms with Crippen LogP contribution in [0.5, 0.6) is 5.75 Å². The molecular weight excluding hydrogens is 401 g/mol. The largest absolute Gasteiger partial charge is 0.490 e. The Labute approximate surface area is 157 Å². The highest BCUT2D eigenvalue weighted by atomic mass is 127. The van der Waals surface area contributed by atoms with Crippen molar-refractivity contribution in [1.29, 1.82) is 0 Å². The number of halogens is 1. The van der Waals surface area contributed by atoms with Crippen LogP contribution in [0.25, 0.3) is 0 Å². The maximum Gasteiger partial charge on any atom is 0.193 e. The molecule has 1 aliphatic heterocycles. The van der Waals surface area contributed by atoms with Crippen LogP contribution >= 0.6 is 24.0 Å². The minimum Gasteiger partial charge on any atom is -0.490 e. The van der Waals surface area contributed by atoms with Crippen molar-refractivity contribution in [3.63, 3.8) is 0 Å². The van der Waals surface area contributed by atoms with Gasteiger partial charge in [-0.1, -0.05) is 32.0 Å². The van der Waals surface area contributed by atoms with Gasteiger partial charge in [0, 0.05) is 39.0 Å². The van der Waals surface area contributed by atoms with Gasteiger partial charge in [0.15, 0.2) is 5.96 Å². The Bertz CT molecular complexity index is 457. The molecule has 4 nitrogen and oxygen atoms in total. The van der Waals surface area contributed by atoms with Gasteiger partial charge in [-0.2, -0.15) is 0 Å². The summed E-state index contributed by atoms with van der Waals surface area (Å²) in [6.45, 7) is 10.3. The molecule has 0 radical (unpaired) electrons. The fourth-order valence-corrected chi connectivity index (χ4v) is 2.57. The lowest BCUT2D eigenvalue weighted by Crippen LogP contribution is -2.47. The highest BCUT2D eigenvalue weighted by molar-refractivity contribution is 14.0. The first-order valence-electron chi connectivity index (χ1n) is 8.44. The molecule has 0 aromatic heterocycles. The molecule has 1 aliphatic rings. The van der Waals surface area contributed by atoms with E-state index in [2.05, 4.69) is 31.0 Å². The third-order valence-electron chi connectivity index (χ3n) is 3.73. The summed E-state index contributed by atoms with van der Waals surface area (Å²) in [5.74, 6) is 2.61. The Morgan fingerprint density at radius 2 is 1.91 bits per heavy atom. The molecule has 1 fully saturated rings. The average Bonchev–Trinajstić information content (AvgIpc) is 2.53. The number of guanidine groups is 1. The Hall–Kier alpha value is -0.980. The smallest absolute Gasteiger partial charge is 0.193 e. The first-order chi connectivity index (χ1) is 10.7. The molecule has 0 aliphatic carbocycles. The first kappa shape index (κ1) is 20.1. The van der Waals surface area contributed by atoms with E-state index in [1.165, 1.54) is 0 Å². The summed E-state index contributed by atoms with van der Waals surface area (Å²) >= 11 is 0. The van der Waals surface area contributed by atoms with Crippen molar-refractivity contribution in [3.8, 4) is 5.75 Å². The summed E-state index contributed by atoms with van der Waals surface area (Å²) in [4.78, 5) is 7.09. The number of piperidine rings is 1. The second-order valence-corrected chi connectivity index (χ2v) is 6.21. The van der Waals surface area contributed by atoms with Crippen molar-refractivity contribution in [2.24, 2.45) is 10.9 Å². The number of benzene rings is 1. The maximum absolute atomic E-state index is 6.05. The predicted octanol–water partition coefficient (Wildman–Crippen LogP) is 3.77. The monoisotopic (exact) mass is 431 g/mol. The third-order valence-corrected chi connectivity index (χ3v) is 3.73. The minimum absolute atomic E-state index is 0. The molecular formula is C18H30IN3O. The van der Waals surface area contributed by atoms with Crippen LogP contribution < -0.4 is 10.1 Å². The van der Waals surface area contributed by atoms with Crippen molar-refractivity contribution in [2.75, 3.05) is 26.2 Å². The van der Waals surface area contributed by atoms with E-state index < -0.39 is 0 Å². The topological polar surface area (TPSA) is 36.9 Å². The van der Waals surface area contributed by atoms with E-state index in [0.29, 0.717) is 12.0 Å². The van der Waals surface area contributed by atoms with E-state index >= 15 is 0 Å². The van der Waals surface area contributed by atoms with Gasteiger partial charge in [0.2, 0.25) is 0 Å². The van der Waals surface area contributed by atoms with Crippen molar-refractivity contribution < 1.29 is 4.74 Å². The lowest BCUT2D eigenvalue weighted by atomic mass is 10.1. The minimum atomic E-state index is 0. The molecule has 5 heteroatoms. The highest BCUT2D eigenvalue weighted by Crippen LogP contribution is 2.18. The number of aliphatic imine (C=N–C) groups is 1. The summed E-state index contributed by atoms with van der Waals surface area (Å²) in [5, 5.41) is 3.41. The molecule has 1 saturated heterocycles. The zero-order valence-electron chi connectivity index (χ0n) is 14.5. The van der Waals surface area contributed by atoms with Gasteiger partial charge >= 0.3 is 0 Å². The van der Waals surface area contributed by atoms with Gasteiger partial charge in [0.05, 0.1) is 0 Å². The Kier molecular flexibility index (Phi) is 9.36. The molecule has 1 N–H and O–H groups in total. The molecule has 0 spiro atoms. The van der Waals surface area contributed by atoms with Gasteiger partial charge in [-0.25, -0.2) is 0 Å². The zero-order chi connectivity index (χ0) is 15.8. The molecule has 0 bridgehead atoms. The van der Waals surface area contributed by atoms with Crippen LogP contribution in [0.4, 0.5) is 0 Å². The number of ether oxygens (including phenoxy) is 1. The van der Waals surface area contributed by atoms with Crippen LogP contribution in [0.2, 0.25) is 0 Å². The fraction of sp³-hybridized carbons (Fsp3) is 0.611. The van der Waals surface area contributed by atoms with Gasteiger partial charge in [-0.05, 0) is 25.0 Å². The second-order valence-electron chi connectivity index (χ2n) is 6.21. The summed E-state index contributed by atoms with van der Waals surface area (Å²) in [6.07, 6.45) is 2.40. The van der Waals surface area contributed by atoms with Gasteiger partial charge < -0.3 is 15.0 Å². The SMILES string of the molecule is CCNC(=NCC(C)C)N1CCC(Oc2ccccc2)CC1.I. The Morgan fingerprint density at radius 1 is 1.26 bits per heavy atom. The van der Waals surface area contributed by atoms with E-state index in [4.69, 9.17) is 9.73 Å². The number of nitrogens with zero attached hydrogens (tertiary/aromatic N) is 2. The van der Waals surface area contributed by atoms with Crippen LogP contribution in [0.15, 0.2) is 35.3 Å². The number of para-hydroxylation sites is 1. The van der Waals surface area contributed by atoms with Crippen LogP contribution in [0, 0.1) is 5.92 Å². The summed E-state index contributed by atoms with van der Waals surface area (Å²) in [5.41, 5.74) is 0. The number of hydrogen-bond donors (Lipinski definition) is 1. The summed E-state index contributed by atoms with van der Waals surface area (Å²) < 4.78 is 6.05. The Balaban J connectivity index is 0.00000264. The molecule has 1 aromatic carbocycles. The molecule has 2 rings (SSSR count). The summed E-state index contributed by atoms with van der Waals surface area (Å²) in [7, 11) is 0. The number of rotatable bonds is 5. The van der Waals surface area contributed by atoms with Crippen molar-refractivity contribution in [2.45, 2.75) is 39.7 Å². The van der Waals surface area contributed by atoms with Crippen LogP contribution in [0.1, 0.15) is 33.6 Å². The number of nitrogens with one attached hydrogen (secondary N) is 1. The van der Waals surface area contributed by atoms with Gasteiger partial charge in [-0.3, -0.25) is 4.99 Å². The van der Waals surface area contributed by atoms with E-state index in [0.717, 1.165) is 50.7 Å². The van der Waals surface area contributed by atoms with E-state index in [1.54, 1.807) is 0 Å². The molecule has 0 atom stereocenters. The predicted molar refractivity (Wildman–Crippen MR) is 108 cm³/mol. The van der Waals surface area contributed by atoms with Gasteiger partial charge in [0.1, 0.15) is 11.9 Å². The summed E-state index contributed by atoms with van der Waals surface area (Å²) in [6, 6.07) is 10.1. The maximum atomic E-state index is 6.05. The lowest BCUT2D eigenvalue weighted by molar-refractivity contribution is 0.129. The van der Waals surface area contributed by atoms with Crippen molar-refractivity contribution >= 4 is 29.9 Å². The first-order valence-corrected chi connectivity index (χ1v) is 8.44. The van der Waals surface area contributed by atoms with Gasteiger partial charge in [0.25, 0.3) is 0 Å². The molecule has 1 aromatic rings. The van der Waals surface area contributed by atoms with Crippen LogP contribution in [-0.2, 0) is 0 Å². The van der Waals surface area contributed by atoms with Crippen molar-refractivity contribution in [1.82, 2.24) is 10.2 Å². The quantitative estimate of drug-likeness (QED) is 0.438. The zero-order valence-corrected chi connectivity index (χ0v) is 16.8. The van der Waals surface area contributed by atoms with Crippen LogP contribution in [0.3, 0.4) is 0 Å². The van der Waals surface area contributed by atoms with Crippen LogP contribution in [-0.4, -0.2) is 43.1 Å². The fourth-order valence-electron chi connectivity index (χ4n) is 2.57. The molecule has 0 amide bonds. The normalized spacial score (nSPS) is 16.2.